The molecule has 1 aliphatic heterocycles. The van der Waals surface area contributed by atoms with E-state index in [9.17, 15) is 13.5 Å². The lowest BCUT2D eigenvalue weighted by atomic mass is 9.95. The zero-order valence-corrected chi connectivity index (χ0v) is 18.0. The van der Waals surface area contributed by atoms with Crippen molar-refractivity contribution in [1.29, 1.82) is 0 Å². The van der Waals surface area contributed by atoms with Gasteiger partial charge in [0, 0.05) is 6.54 Å². The topological polar surface area (TPSA) is 84.9 Å². The van der Waals surface area contributed by atoms with Gasteiger partial charge in [0.1, 0.15) is 5.60 Å². The third-order valence-corrected chi connectivity index (χ3v) is 7.48. The molecule has 3 rings (SSSR count). The van der Waals surface area contributed by atoms with Crippen molar-refractivity contribution < 1.29 is 23.0 Å². The predicted molar refractivity (Wildman–Crippen MR) is 107 cm³/mol. The molecule has 1 aliphatic rings. The average molecular weight is 406 g/mol. The predicted octanol–water partition coefficient (Wildman–Crippen LogP) is 3.14. The van der Waals surface area contributed by atoms with E-state index in [1.54, 1.807) is 25.1 Å². The maximum Gasteiger partial charge on any atom is 0.241 e. The minimum absolute atomic E-state index is 0.137. The number of ether oxygens (including phenoxy) is 2. The highest BCUT2D eigenvalue weighted by molar-refractivity contribution is 7.89. The summed E-state index contributed by atoms with van der Waals surface area (Å²) in [7, 11) is -3.80. The van der Waals surface area contributed by atoms with Crippen molar-refractivity contribution in [2.75, 3.05) is 13.3 Å². The minimum Gasteiger partial charge on any atom is -0.454 e. The third kappa shape index (κ3) is 3.50. The molecule has 0 fully saturated rings. The van der Waals surface area contributed by atoms with Gasteiger partial charge in [-0.25, -0.2) is 13.1 Å². The molecule has 0 radical (unpaired) electrons. The van der Waals surface area contributed by atoms with Gasteiger partial charge < -0.3 is 14.6 Å². The molecule has 6 nitrogen and oxygen atoms in total. The quantitative estimate of drug-likeness (QED) is 0.798. The number of hydrogen-bond donors (Lipinski definition) is 2. The largest absolute Gasteiger partial charge is 0.454 e. The van der Waals surface area contributed by atoms with Crippen LogP contribution >= 0.6 is 0 Å². The van der Waals surface area contributed by atoms with Crippen LogP contribution in [0.2, 0.25) is 0 Å². The van der Waals surface area contributed by atoms with Gasteiger partial charge in [-0.2, -0.15) is 0 Å². The molecule has 0 unspecified atom stereocenters. The maximum atomic E-state index is 13.1. The van der Waals surface area contributed by atoms with Crippen molar-refractivity contribution in [2.45, 2.75) is 52.0 Å². The monoisotopic (exact) mass is 405 g/mol. The van der Waals surface area contributed by atoms with E-state index in [1.807, 2.05) is 34.6 Å². The molecule has 2 aromatic carbocycles. The number of fused-ring (bicyclic) bond motifs is 1. The Hall–Kier alpha value is -2.09. The van der Waals surface area contributed by atoms with Crippen LogP contribution in [-0.2, 0) is 15.6 Å². The van der Waals surface area contributed by atoms with Crippen LogP contribution in [0.4, 0.5) is 0 Å². The van der Waals surface area contributed by atoms with Crippen LogP contribution in [0.1, 0.15) is 40.3 Å². The maximum absolute atomic E-state index is 13.1. The Labute approximate surface area is 166 Å². The molecule has 28 heavy (non-hydrogen) atoms. The van der Waals surface area contributed by atoms with Crippen LogP contribution in [0, 0.1) is 34.6 Å². The van der Waals surface area contributed by atoms with Crippen molar-refractivity contribution in [3.8, 4) is 11.5 Å². The Balaban J connectivity index is 1.90. The van der Waals surface area contributed by atoms with Crippen LogP contribution in [0.15, 0.2) is 23.1 Å². The Bertz CT molecular complexity index is 1010. The fraction of sp³-hybridized carbons (Fsp3) is 0.429. The van der Waals surface area contributed by atoms with Gasteiger partial charge in [0.05, 0.1) is 4.90 Å². The number of benzene rings is 2. The molecule has 2 aromatic rings. The molecule has 1 heterocycles. The molecule has 0 spiro atoms. The van der Waals surface area contributed by atoms with E-state index in [0.717, 1.165) is 27.8 Å². The fourth-order valence-corrected chi connectivity index (χ4v) is 5.24. The van der Waals surface area contributed by atoms with Crippen molar-refractivity contribution >= 4 is 10.0 Å². The van der Waals surface area contributed by atoms with Gasteiger partial charge in [0.15, 0.2) is 11.5 Å². The van der Waals surface area contributed by atoms with Crippen molar-refractivity contribution in [3.05, 3.63) is 51.6 Å². The zero-order chi connectivity index (χ0) is 20.9. The van der Waals surface area contributed by atoms with E-state index in [4.69, 9.17) is 9.47 Å². The highest BCUT2D eigenvalue weighted by Gasteiger charge is 2.30. The van der Waals surface area contributed by atoms with Crippen molar-refractivity contribution in [3.63, 3.8) is 0 Å². The van der Waals surface area contributed by atoms with E-state index in [-0.39, 0.29) is 18.2 Å². The van der Waals surface area contributed by atoms with Crippen LogP contribution in [-0.4, -0.2) is 26.9 Å². The van der Waals surface area contributed by atoms with Crippen LogP contribution in [0.3, 0.4) is 0 Å². The van der Waals surface area contributed by atoms with E-state index in [0.29, 0.717) is 17.1 Å². The van der Waals surface area contributed by atoms with Gasteiger partial charge in [-0.05, 0) is 87.1 Å². The Kier molecular flexibility index (Phi) is 5.20. The van der Waals surface area contributed by atoms with Crippen molar-refractivity contribution in [2.24, 2.45) is 0 Å². The first-order chi connectivity index (χ1) is 13.0. The molecular formula is C21H27NO5S. The van der Waals surface area contributed by atoms with Crippen molar-refractivity contribution in [1.82, 2.24) is 4.72 Å². The average Bonchev–Trinajstić information content (AvgIpc) is 3.11. The summed E-state index contributed by atoms with van der Waals surface area (Å²) < 4.78 is 39.4. The first-order valence-corrected chi connectivity index (χ1v) is 10.6. The number of aliphatic hydroxyl groups is 1. The van der Waals surface area contributed by atoms with Gasteiger partial charge in [-0.3, -0.25) is 0 Å². The highest BCUT2D eigenvalue weighted by Crippen LogP contribution is 2.36. The summed E-state index contributed by atoms with van der Waals surface area (Å²) in [5, 5.41) is 10.9. The van der Waals surface area contributed by atoms with E-state index < -0.39 is 15.6 Å². The lowest BCUT2D eigenvalue weighted by Crippen LogP contribution is -2.39. The van der Waals surface area contributed by atoms with Crippen LogP contribution in [0.5, 0.6) is 11.5 Å². The Morgan fingerprint density at radius 2 is 1.50 bits per heavy atom. The third-order valence-electron chi connectivity index (χ3n) is 5.80. The summed E-state index contributed by atoms with van der Waals surface area (Å²) in [6, 6.07) is 5.09. The second-order valence-corrected chi connectivity index (χ2v) is 9.32. The molecule has 152 valence electrons. The molecule has 1 atom stereocenters. The second-order valence-electron chi connectivity index (χ2n) is 7.62. The molecule has 2 N–H and O–H groups in total. The zero-order valence-electron chi connectivity index (χ0n) is 17.1. The van der Waals surface area contributed by atoms with E-state index in [2.05, 4.69) is 4.72 Å². The first-order valence-electron chi connectivity index (χ1n) is 9.15. The molecule has 7 heteroatoms. The van der Waals surface area contributed by atoms with Gasteiger partial charge in [-0.1, -0.05) is 6.07 Å². The number of hydrogen-bond acceptors (Lipinski definition) is 5. The summed E-state index contributed by atoms with van der Waals surface area (Å²) >= 11 is 0. The van der Waals surface area contributed by atoms with E-state index in [1.165, 1.54) is 0 Å². The molecule has 0 amide bonds. The smallest absolute Gasteiger partial charge is 0.241 e. The summed E-state index contributed by atoms with van der Waals surface area (Å²) in [4.78, 5) is 0.287. The molecule has 0 aliphatic carbocycles. The molecule has 0 saturated heterocycles. The second kappa shape index (κ2) is 7.06. The lowest BCUT2D eigenvalue weighted by Gasteiger charge is -2.25. The standard InChI is InChI=1S/C21H27NO5S/c1-12-13(2)15(4)20(16(5)14(12)3)28(24,25)22-10-21(6,23)17-7-8-18-19(9-17)27-11-26-18/h7-9,22-23H,10-11H2,1-6H3/t21-/m1/s1. The SMILES string of the molecule is Cc1c(C)c(C)c(S(=O)(=O)NC[C@@](C)(O)c2ccc3c(c2)OCO3)c(C)c1C. The Morgan fingerprint density at radius 3 is 2.11 bits per heavy atom. The minimum atomic E-state index is -3.80. The number of nitrogens with one attached hydrogen (secondary N) is 1. The van der Waals surface area contributed by atoms with Gasteiger partial charge in [0.2, 0.25) is 16.8 Å². The lowest BCUT2D eigenvalue weighted by molar-refractivity contribution is 0.0625. The van der Waals surface area contributed by atoms with Crippen LogP contribution < -0.4 is 14.2 Å². The molecule has 0 aromatic heterocycles. The van der Waals surface area contributed by atoms with Gasteiger partial charge >= 0.3 is 0 Å². The van der Waals surface area contributed by atoms with E-state index >= 15 is 0 Å². The summed E-state index contributed by atoms with van der Waals surface area (Å²) in [6.07, 6.45) is 0. The van der Waals surface area contributed by atoms with Gasteiger partial charge in [-0.15, -0.1) is 0 Å². The molecule has 0 bridgehead atoms. The van der Waals surface area contributed by atoms with Gasteiger partial charge in [0.25, 0.3) is 0 Å². The molecular weight excluding hydrogens is 378 g/mol. The first kappa shape index (κ1) is 20.6. The Morgan fingerprint density at radius 1 is 0.964 bits per heavy atom. The summed E-state index contributed by atoms with van der Waals surface area (Å²) in [5.41, 5.74) is 3.62. The summed E-state index contributed by atoms with van der Waals surface area (Å²) in [6.45, 7) is 11.0. The molecule has 0 saturated carbocycles. The fourth-order valence-electron chi connectivity index (χ4n) is 3.51. The number of rotatable bonds is 5. The van der Waals surface area contributed by atoms with Crippen LogP contribution in [0.25, 0.3) is 0 Å². The number of sulfonamides is 1. The summed E-state index contributed by atoms with van der Waals surface area (Å²) in [5.74, 6) is 1.15. The highest BCUT2D eigenvalue weighted by atomic mass is 32.2. The normalized spacial score (nSPS) is 15.5.